The first-order valence-corrected chi connectivity index (χ1v) is 8.92. The molecule has 0 bridgehead atoms. The number of hydrogen-bond acceptors (Lipinski definition) is 8. The summed E-state index contributed by atoms with van der Waals surface area (Å²) in [7, 11) is 0. The Kier molecular flexibility index (Phi) is 14.3. The second-order valence-corrected chi connectivity index (χ2v) is 6.68. The predicted octanol–water partition coefficient (Wildman–Crippen LogP) is -2.45. The monoisotopic (exact) mass is 543 g/mol. The average Bonchev–Trinajstić information content (AvgIpc) is 2.55. The number of rotatable bonds is 8. The SMILES string of the molecule is O=C(O)CN1CCN(CC(=O)O)CCN(CC(=O)O)CCN(CC(=O)O)CC1.[La+3]. The molecule has 12 nitrogen and oxygen atoms in total. The number of hydrogen-bond donors (Lipinski definition) is 4. The Balaban J connectivity index is 0.00000784. The molecule has 0 aromatic carbocycles. The summed E-state index contributed by atoms with van der Waals surface area (Å²) < 4.78 is 0. The van der Waals surface area contributed by atoms with E-state index in [0.29, 0.717) is 52.4 Å². The molecule has 0 amide bonds. The summed E-state index contributed by atoms with van der Waals surface area (Å²) in [4.78, 5) is 50.9. The van der Waals surface area contributed by atoms with Crippen molar-refractivity contribution in [1.82, 2.24) is 19.6 Å². The van der Waals surface area contributed by atoms with Crippen LogP contribution < -0.4 is 0 Å². The van der Waals surface area contributed by atoms with Crippen molar-refractivity contribution in [2.45, 2.75) is 0 Å². The molecule has 0 radical (unpaired) electrons. The van der Waals surface area contributed by atoms with Crippen LogP contribution >= 0.6 is 0 Å². The Morgan fingerprint density at radius 2 is 0.586 bits per heavy atom. The molecule has 0 aliphatic carbocycles. The first-order chi connectivity index (χ1) is 13.2. The zero-order chi connectivity index (χ0) is 21.1. The summed E-state index contributed by atoms with van der Waals surface area (Å²) in [6, 6.07) is 0. The van der Waals surface area contributed by atoms with Crippen molar-refractivity contribution in [2.75, 3.05) is 78.5 Å². The molecule has 1 aliphatic rings. The van der Waals surface area contributed by atoms with Gasteiger partial charge in [-0.15, -0.1) is 0 Å². The second-order valence-electron chi connectivity index (χ2n) is 6.68. The standard InChI is InChI=1S/C16H28N4O8.La/c21-13(22)9-17-1-2-18(10-14(23)24)5-6-20(12-16(27)28)8-7-19(4-3-17)11-15(25)26;/h1-12H2,(H,21,22)(H,23,24)(H,25,26)(H,27,28);/q;+3. The fraction of sp³-hybridized carbons (Fsp3) is 0.750. The summed E-state index contributed by atoms with van der Waals surface area (Å²) in [5.41, 5.74) is 0. The van der Waals surface area contributed by atoms with Gasteiger partial charge in [0, 0.05) is 52.4 Å². The van der Waals surface area contributed by atoms with Gasteiger partial charge < -0.3 is 20.4 Å². The van der Waals surface area contributed by atoms with E-state index in [1.165, 1.54) is 0 Å². The van der Waals surface area contributed by atoms with Gasteiger partial charge in [0.25, 0.3) is 0 Å². The van der Waals surface area contributed by atoms with Crippen LogP contribution in [0.5, 0.6) is 0 Å². The van der Waals surface area contributed by atoms with Crippen LogP contribution in [0.2, 0.25) is 0 Å². The molecule has 1 rings (SSSR count). The van der Waals surface area contributed by atoms with Gasteiger partial charge >= 0.3 is 59.5 Å². The molecule has 0 atom stereocenters. The van der Waals surface area contributed by atoms with Crippen LogP contribution in [-0.2, 0) is 19.2 Å². The number of nitrogens with zero attached hydrogens (tertiary/aromatic N) is 4. The molecule has 0 saturated carbocycles. The van der Waals surface area contributed by atoms with Gasteiger partial charge in [0.1, 0.15) is 0 Å². The maximum Gasteiger partial charge on any atom is 3.00 e. The Hall–Kier alpha value is -1.09. The van der Waals surface area contributed by atoms with E-state index >= 15 is 0 Å². The molecule has 0 aromatic rings. The zero-order valence-corrected chi connectivity index (χ0v) is 19.9. The van der Waals surface area contributed by atoms with Crippen LogP contribution in [0, 0.1) is 35.6 Å². The largest absolute Gasteiger partial charge is 3.00 e. The summed E-state index contributed by atoms with van der Waals surface area (Å²) in [5, 5.41) is 36.3. The Labute approximate surface area is 196 Å². The molecule has 0 unspecified atom stereocenters. The van der Waals surface area contributed by atoms with E-state index in [1.807, 2.05) is 0 Å². The van der Waals surface area contributed by atoms with E-state index in [0.717, 1.165) is 0 Å². The smallest absolute Gasteiger partial charge is 0.480 e. The molecular weight excluding hydrogens is 515 g/mol. The van der Waals surface area contributed by atoms with Crippen LogP contribution in [0.1, 0.15) is 0 Å². The molecule has 0 aromatic heterocycles. The van der Waals surface area contributed by atoms with Crippen LogP contribution in [0.25, 0.3) is 0 Å². The van der Waals surface area contributed by atoms with Gasteiger partial charge in [-0.3, -0.25) is 38.8 Å². The van der Waals surface area contributed by atoms with Gasteiger partial charge in [0.05, 0.1) is 26.2 Å². The fourth-order valence-electron chi connectivity index (χ4n) is 2.98. The first-order valence-electron chi connectivity index (χ1n) is 8.92. The molecule has 1 saturated heterocycles. The van der Waals surface area contributed by atoms with E-state index in [-0.39, 0.29) is 61.8 Å². The van der Waals surface area contributed by atoms with E-state index in [9.17, 15) is 19.2 Å². The van der Waals surface area contributed by atoms with E-state index in [4.69, 9.17) is 20.4 Å². The molecule has 1 fully saturated rings. The van der Waals surface area contributed by atoms with Gasteiger partial charge in [-0.25, -0.2) is 0 Å². The molecule has 4 N–H and O–H groups in total. The summed E-state index contributed by atoms with van der Waals surface area (Å²) in [6.45, 7) is 1.52. The minimum Gasteiger partial charge on any atom is -0.480 e. The van der Waals surface area contributed by atoms with E-state index < -0.39 is 23.9 Å². The maximum atomic E-state index is 11.1. The van der Waals surface area contributed by atoms with E-state index in [1.54, 1.807) is 19.6 Å². The Morgan fingerprint density at radius 1 is 0.448 bits per heavy atom. The fourth-order valence-corrected chi connectivity index (χ4v) is 2.98. The third kappa shape index (κ3) is 13.7. The third-order valence-corrected chi connectivity index (χ3v) is 4.37. The minimum atomic E-state index is -1.02. The first kappa shape index (κ1) is 27.9. The van der Waals surface area contributed by atoms with Crippen LogP contribution in [0.3, 0.4) is 0 Å². The quantitative estimate of drug-likeness (QED) is 0.256. The van der Waals surface area contributed by atoms with Gasteiger partial charge in [-0.2, -0.15) is 0 Å². The van der Waals surface area contributed by atoms with Crippen molar-refractivity contribution in [3.8, 4) is 0 Å². The number of carbonyl (C=O) groups is 4. The molecule has 13 heteroatoms. The Bertz CT molecular complexity index is 453. The van der Waals surface area contributed by atoms with Gasteiger partial charge in [-0.05, 0) is 0 Å². The van der Waals surface area contributed by atoms with Crippen molar-refractivity contribution in [1.29, 1.82) is 0 Å². The van der Waals surface area contributed by atoms with Crippen molar-refractivity contribution in [3.05, 3.63) is 0 Å². The molecule has 1 heterocycles. The normalized spacial score (nSPS) is 18.8. The molecule has 160 valence electrons. The van der Waals surface area contributed by atoms with Crippen molar-refractivity contribution < 1.29 is 75.2 Å². The Morgan fingerprint density at radius 3 is 0.690 bits per heavy atom. The summed E-state index contributed by atoms with van der Waals surface area (Å²) in [5.74, 6) is -4.08. The summed E-state index contributed by atoms with van der Waals surface area (Å²) >= 11 is 0. The van der Waals surface area contributed by atoms with E-state index in [2.05, 4.69) is 0 Å². The molecule has 29 heavy (non-hydrogen) atoms. The van der Waals surface area contributed by atoms with Crippen LogP contribution in [-0.4, -0.2) is 142 Å². The van der Waals surface area contributed by atoms with Crippen molar-refractivity contribution in [2.24, 2.45) is 0 Å². The topological polar surface area (TPSA) is 162 Å². The van der Waals surface area contributed by atoms with Gasteiger partial charge in [-0.1, -0.05) is 0 Å². The molecule has 1 aliphatic heterocycles. The predicted molar refractivity (Wildman–Crippen MR) is 96.3 cm³/mol. The van der Waals surface area contributed by atoms with Gasteiger partial charge in [0.2, 0.25) is 0 Å². The average molecular weight is 543 g/mol. The van der Waals surface area contributed by atoms with Crippen LogP contribution in [0.15, 0.2) is 0 Å². The number of carboxylic acid groups (broad SMARTS) is 4. The maximum absolute atomic E-state index is 11.1. The molecular formula is C16H28LaN4O8+3. The number of aliphatic carboxylic acids is 4. The zero-order valence-electron chi connectivity index (χ0n) is 16.3. The van der Waals surface area contributed by atoms with Crippen molar-refractivity contribution >= 4 is 23.9 Å². The van der Waals surface area contributed by atoms with Crippen molar-refractivity contribution in [3.63, 3.8) is 0 Å². The van der Waals surface area contributed by atoms with Crippen LogP contribution in [0.4, 0.5) is 0 Å². The second kappa shape index (κ2) is 14.8. The summed E-state index contributed by atoms with van der Waals surface area (Å²) in [6.07, 6.45) is 0. The van der Waals surface area contributed by atoms with Gasteiger partial charge in [0.15, 0.2) is 0 Å². The number of carboxylic acids is 4. The molecule has 0 spiro atoms. The third-order valence-electron chi connectivity index (χ3n) is 4.37. The minimum absolute atomic E-state index is 0.